The minimum Gasteiger partial charge on any atom is -0.143 e. The van der Waals surface area contributed by atoms with E-state index < -0.39 is 0 Å². The minimum atomic E-state index is 0.987. The molecule has 1 rings (SSSR count). The maximum absolute atomic E-state index is 4.14. The molecule has 9 heavy (non-hydrogen) atoms. The number of thiol groups is 2. The van der Waals surface area contributed by atoms with Crippen molar-refractivity contribution in [2.45, 2.75) is 9.79 Å². The first-order valence-electron chi connectivity index (χ1n) is 2.43. The summed E-state index contributed by atoms with van der Waals surface area (Å²) in [5, 5.41) is 0. The normalized spacial score (nSPS) is 9.56. The number of benzene rings is 1. The summed E-state index contributed by atoms with van der Waals surface area (Å²) in [4.78, 5) is 2.14. The fraction of sp³-hybridized carbons (Fsp3) is 0. The predicted octanol–water partition coefficient (Wildman–Crippen LogP) is 2.91. The third-order valence-corrected chi connectivity index (χ3v) is 2.36. The molecule has 3 heteroatoms. The van der Waals surface area contributed by atoms with Crippen molar-refractivity contribution in [1.29, 1.82) is 0 Å². The summed E-state index contributed by atoms with van der Waals surface area (Å²) in [6, 6.07) is 7.86. The summed E-state index contributed by atoms with van der Waals surface area (Å²) in [6.07, 6.45) is 0. The van der Waals surface area contributed by atoms with E-state index in [9.17, 15) is 0 Å². The highest BCUT2D eigenvalue weighted by molar-refractivity contribution is 8.68. The first-order chi connectivity index (χ1) is 4.33. The van der Waals surface area contributed by atoms with Crippen molar-refractivity contribution < 1.29 is 0 Å². The van der Waals surface area contributed by atoms with Crippen molar-refractivity contribution >= 4 is 35.1 Å². The van der Waals surface area contributed by atoms with Crippen molar-refractivity contribution in [2.75, 3.05) is 0 Å². The molecule has 0 aliphatic heterocycles. The Bertz CT molecular complexity index is 180. The van der Waals surface area contributed by atoms with Gasteiger partial charge in [-0.2, -0.15) is 0 Å². The molecule has 0 atom stereocenters. The third-order valence-electron chi connectivity index (χ3n) is 0.942. The zero-order valence-electron chi connectivity index (χ0n) is 4.61. The van der Waals surface area contributed by atoms with Crippen LogP contribution in [0, 0.1) is 0 Å². The van der Waals surface area contributed by atoms with Crippen LogP contribution < -0.4 is 0 Å². The highest BCUT2D eigenvalue weighted by Gasteiger charge is 1.86. The van der Waals surface area contributed by atoms with Gasteiger partial charge in [0.25, 0.3) is 0 Å². The molecule has 0 fully saturated rings. The molecule has 0 bridgehead atoms. The molecule has 0 nitrogen and oxygen atoms in total. The van der Waals surface area contributed by atoms with Crippen LogP contribution >= 0.6 is 35.1 Å². The highest BCUT2D eigenvalue weighted by Crippen LogP contribution is 2.21. The summed E-state index contributed by atoms with van der Waals surface area (Å²) >= 11 is 8.17. The predicted molar refractivity (Wildman–Crippen MR) is 48.5 cm³/mol. The lowest BCUT2D eigenvalue weighted by atomic mass is 10.4. The summed E-state index contributed by atoms with van der Waals surface area (Å²) in [5.74, 6) is 0. The fourth-order valence-corrected chi connectivity index (χ4v) is 1.28. The second kappa shape index (κ2) is 3.44. The number of rotatable bonds is 1. The molecule has 0 aliphatic carbocycles. The monoisotopic (exact) mass is 174 g/mol. The lowest BCUT2D eigenvalue weighted by Gasteiger charge is -1.92. The zero-order valence-corrected chi connectivity index (χ0v) is 7.22. The van der Waals surface area contributed by atoms with Crippen LogP contribution in [-0.2, 0) is 0 Å². The van der Waals surface area contributed by atoms with Gasteiger partial charge < -0.3 is 0 Å². The van der Waals surface area contributed by atoms with E-state index in [4.69, 9.17) is 0 Å². The highest BCUT2D eigenvalue weighted by atomic mass is 33.1. The van der Waals surface area contributed by atoms with Gasteiger partial charge >= 0.3 is 0 Å². The Kier molecular flexibility index (Phi) is 2.82. The molecule has 0 N–H and O–H groups in total. The Labute approximate surface area is 69.3 Å². The van der Waals surface area contributed by atoms with E-state index in [2.05, 4.69) is 24.3 Å². The van der Waals surface area contributed by atoms with Crippen molar-refractivity contribution in [2.24, 2.45) is 0 Å². The van der Waals surface area contributed by atoms with E-state index in [0.717, 1.165) is 9.79 Å². The van der Waals surface area contributed by atoms with Crippen LogP contribution in [0.3, 0.4) is 0 Å². The smallest absolute Gasteiger partial charge is 0.0181 e. The lowest BCUT2D eigenvalue weighted by Crippen LogP contribution is -1.65. The van der Waals surface area contributed by atoms with Gasteiger partial charge in [-0.3, -0.25) is 0 Å². The van der Waals surface area contributed by atoms with E-state index in [1.165, 1.54) is 10.8 Å². The molecule has 0 unspecified atom stereocenters. The Morgan fingerprint density at radius 2 is 1.67 bits per heavy atom. The average Bonchev–Trinajstić information content (AvgIpc) is 1.90. The average molecular weight is 174 g/mol. The van der Waals surface area contributed by atoms with Crippen molar-refractivity contribution in [3.05, 3.63) is 24.3 Å². The van der Waals surface area contributed by atoms with E-state index in [1.807, 2.05) is 24.3 Å². The van der Waals surface area contributed by atoms with Gasteiger partial charge in [0.15, 0.2) is 0 Å². The van der Waals surface area contributed by atoms with Crippen molar-refractivity contribution in [1.82, 2.24) is 0 Å². The Hall–Kier alpha value is 0.270. The van der Waals surface area contributed by atoms with Crippen LogP contribution in [-0.4, -0.2) is 0 Å². The molecule has 0 amide bonds. The second-order valence-electron chi connectivity index (χ2n) is 1.59. The molecule has 48 valence electrons. The van der Waals surface area contributed by atoms with Gasteiger partial charge in [0.1, 0.15) is 0 Å². The molecule has 0 aliphatic rings. The van der Waals surface area contributed by atoms with Gasteiger partial charge in [-0.15, -0.1) is 24.3 Å². The lowest BCUT2D eigenvalue weighted by molar-refractivity contribution is 1.37. The van der Waals surface area contributed by atoms with Crippen LogP contribution in [0.4, 0.5) is 0 Å². The van der Waals surface area contributed by atoms with Gasteiger partial charge in [0.05, 0.1) is 0 Å². The first kappa shape index (κ1) is 7.38. The Balaban J connectivity index is 2.88. The van der Waals surface area contributed by atoms with Gasteiger partial charge in [-0.25, -0.2) is 0 Å². The quantitative estimate of drug-likeness (QED) is 0.487. The Morgan fingerprint density at radius 3 is 2.11 bits per heavy atom. The maximum atomic E-state index is 4.14. The molecule has 0 spiro atoms. The van der Waals surface area contributed by atoms with Crippen LogP contribution in [0.2, 0.25) is 0 Å². The van der Waals surface area contributed by atoms with Crippen molar-refractivity contribution in [3.8, 4) is 0 Å². The van der Waals surface area contributed by atoms with E-state index in [-0.39, 0.29) is 0 Å². The van der Waals surface area contributed by atoms with E-state index in [1.54, 1.807) is 0 Å². The van der Waals surface area contributed by atoms with Gasteiger partial charge in [0.2, 0.25) is 0 Å². The van der Waals surface area contributed by atoms with Gasteiger partial charge in [-0.1, -0.05) is 10.8 Å². The molecule has 0 radical (unpaired) electrons. The van der Waals surface area contributed by atoms with Crippen LogP contribution in [0.1, 0.15) is 0 Å². The minimum absolute atomic E-state index is 0.987. The summed E-state index contributed by atoms with van der Waals surface area (Å²) in [6.45, 7) is 0. The summed E-state index contributed by atoms with van der Waals surface area (Å²) in [7, 11) is 1.44. The molecular weight excluding hydrogens is 168 g/mol. The molecule has 0 saturated carbocycles. The second-order valence-corrected chi connectivity index (χ2v) is 3.30. The van der Waals surface area contributed by atoms with Crippen LogP contribution in [0.15, 0.2) is 34.1 Å². The molecule has 1 aromatic rings. The molecule has 1 aromatic carbocycles. The van der Waals surface area contributed by atoms with Gasteiger partial charge in [0, 0.05) is 9.79 Å². The largest absolute Gasteiger partial charge is 0.143 e. The zero-order chi connectivity index (χ0) is 6.69. The standard InChI is InChI=1S/C6H6S3/c7-5-1-3-6(9-8)4-2-5/h1-4,7-8H. The SMILES string of the molecule is SSc1ccc(S)cc1. The molecule has 0 saturated heterocycles. The molecular formula is C6H6S3. The fourth-order valence-electron chi connectivity index (χ4n) is 0.507. The molecule has 0 aromatic heterocycles. The molecule has 0 heterocycles. The number of hydrogen-bond donors (Lipinski definition) is 2. The van der Waals surface area contributed by atoms with Crippen molar-refractivity contribution in [3.63, 3.8) is 0 Å². The van der Waals surface area contributed by atoms with Crippen LogP contribution in [0.5, 0.6) is 0 Å². The maximum Gasteiger partial charge on any atom is 0.0181 e. The number of hydrogen-bond acceptors (Lipinski definition) is 3. The topological polar surface area (TPSA) is 0 Å². The summed E-state index contributed by atoms with van der Waals surface area (Å²) < 4.78 is 0. The third kappa shape index (κ3) is 2.16. The first-order valence-corrected chi connectivity index (χ1v) is 4.75. The van der Waals surface area contributed by atoms with E-state index in [0.29, 0.717) is 0 Å². The Morgan fingerprint density at radius 1 is 1.11 bits per heavy atom. The summed E-state index contributed by atoms with van der Waals surface area (Å²) in [5.41, 5.74) is 0. The van der Waals surface area contributed by atoms with E-state index >= 15 is 0 Å². The van der Waals surface area contributed by atoms with Gasteiger partial charge in [-0.05, 0) is 24.3 Å². The van der Waals surface area contributed by atoms with Crippen LogP contribution in [0.25, 0.3) is 0 Å².